The molecule has 2 fully saturated rings. The summed E-state index contributed by atoms with van der Waals surface area (Å²) < 4.78 is 0. The van der Waals surface area contributed by atoms with E-state index in [-0.39, 0.29) is 17.1 Å². The summed E-state index contributed by atoms with van der Waals surface area (Å²) in [5.74, 6) is 0.271. The number of likely N-dealkylation sites (tertiary alicyclic amines) is 1. The van der Waals surface area contributed by atoms with Gasteiger partial charge >= 0.3 is 0 Å². The van der Waals surface area contributed by atoms with Gasteiger partial charge in [0.2, 0.25) is 0 Å². The highest BCUT2D eigenvalue weighted by atomic mass is 16.3. The Morgan fingerprint density at radius 1 is 1.25 bits per heavy atom. The second-order valence-corrected chi connectivity index (χ2v) is 5.95. The van der Waals surface area contributed by atoms with Crippen molar-refractivity contribution in [2.24, 2.45) is 5.41 Å². The number of ketones is 1. The van der Waals surface area contributed by atoms with Crippen LogP contribution in [0.25, 0.3) is 0 Å². The molecule has 1 saturated carbocycles. The molecule has 2 heterocycles. The van der Waals surface area contributed by atoms with Crippen molar-refractivity contribution < 1.29 is 14.7 Å². The summed E-state index contributed by atoms with van der Waals surface area (Å²) in [5.41, 5.74) is 0.558. The zero-order valence-electron chi connectivity index (χ0n) is 11.3. The molecule has 1 amide bonds. The van der Waals surface area contributed by atoms with Crippen LogP contribution in [-0.2, 0) is 4.79 Å². The third-order valence-electron chi connectivity index (χ3n) is 4.56. The van der Waals surface area contributed by atoms with Crippen LogP contribution in [0.15, 0.2) is 18.5 Å². The van der Waals surface area contributed by atoms with Crippen molar-refractivity contribution in [3.05, 3.63) is 24.0 Å². The zero-order chi connectivity index (χ0) is 14.2. The first-order chi connectivity index (χ1) is 9.58. The van der Waals surface area contributed by atoms with Gasteiger partial charge in [-0.05, 0) is 30.7 Å². The quantitative estimate of drug-likeness (QED) is 0.847. The number of hydrogen-bond acceptors (Lipinski definition) is 4. The highest BCUT2D eigenvalue weighted by Crippen LogP contribution is 2.43. The van der Waals surface area contributed by atoms with Gasteiger partial charge in [-0.15, -0.1) is 0 Å². The Morgan fingerprint density at radius 2 is 2.00 bits per heavy atom. The largest absolute Gasteiger partial charge is 0.506 e. The minimum atomic E-state index is -0.0813. The van der Waals surface area contributed by atoms with Crippen molar-refractivity contribution in [2.45, 2.75) is 32.1 Å². The number of amides is 1. The maximum Gasteiger partial charge on any atom is 0.255 e. The Kier molecular flexibility index (Phi) is 3.20. The van der Waals surface area contributed by atoms with E-state index in [4.69, 9.17) is 0 Å². The maximum absolute atomic E-state index is 12.4. The van der Waals surface area contributed by atoms with E-state index in [2.05, 4.69) is 4.98 Å². The third-order valence-corrected chi connectivity index (χ3v) is 4.56. The Bertz CT molecular complexity index is 546. The lowest BCUT2D eigenvalue weighted by Gasteiger charge is -2.32. The molecule has 1 saturated heterocycles. The van der Waals surface area contributed by atoms with E-state index >= 15 is 0 Å². The van der Waals surface area contributed by atoms with Gasteiger partial charge in [-0.1, -0.05) is 0 Å². The van der Waals surface area contributed by atoms with Crippen molar-refractivity contribution in [1.82, 2.24) is 9.88 Å². The van der Waals surface area contributed by atoms with E-state index in [1.165, 1.54) is 18.5 Å². The predicted octanol–water partition coefficient (Wildman–Crippen LogP) is 1.76. The fourth-order valence-corrected chi connectivity index (χ4v) is 3.30. The molecule has 0 atom stereocenters. The van der Waals surface area contributed by atoms with Gasteiger partial charge in [0.15, 0.2) is 0 Å². The molecule has 0 radical (unpaired) electrons. The van der Waals surface area contributed by atoms with E-state index in [9.17, 15) is 14.7 Å². The first-order valence-corrected chi connectivity index (χ1v) is 7.03. The molecule has 1 aliphatic heterocycles. The number of carbonyl (C=O) groups excluding carboxylic acids is 2. The smallest absolute Gasteiger partial charge is 0.255 e. The second kappa shape index (κ2) is 4.89. The van der Waals surface area contributed by atoms with Crippen LogP contribution in [0.2, 0.25) is 0 Å². The van der Waals surface area contributed by atoms with Gasteiger partial charge in [-0.3, -0.25) is 14.6 Å². The van der Waals surface area contributed by atoms with Gasteiger partial charge in [0.05, 0.1) is 11.8 Å². The third kappa shape index (κ3) is 2.40. The molecule has 106 valence electrons. The minimum Gasteiger partial charge on any atom is -0.506 e. The summed E-state index contributed by atoms with van der Waals surface area (Å²) in [6, 6.07) is 1.45. The monoisotopic (exact) mass is 274 g/mol. The first-order valence-electron chi connectivity index (χ1n) is 7.03. The Labute approximate surface area is 117 Å². The molecule has 0 bridgehead atoms. The van der Waals surface area contributed by atoms with Crippen molar-refractivity contribution in [1.29, 1.82) is 0 Å². The molecule has 3 rings (SSSR count). The summed E-state index contributed by atoms with van der Waals surface area (Å²) in [6.45, 7) is 1.44. The summed E-state index contributed by atoms with van der Waals surface area (Å²) in [7, 11) is 0. The van der Waals surface area contributed by atoms with Crippen LogP contribution in [0.1, 0.15) is 42.5 Å². The summed E-state index contributed by atoms with van der Waals surface area (Å²) in [5, 5.41) is 9.41. The fourth-order valence-electron chi connectivity index (χ4n) is 3.30. The number of Topliss-reactive ketones (excluding diaryl/α,β-unsaturated/α-hetero) is 1. The number of hydrogen-bond donors (Lipinski definition) is 1. The van der Waals surface area contributed by atoms with Crippen LogP contribution >= 0.6 is 0 Å². The topological polar surface area (TPSA) is 70.5 Å². The molecule has 2 aliphatic rings. The summed E-state index contributed by atoms with van der Waals surface area (Å²) in [4.78, 5) is 29.4. The Morgan fingerprint density at radius 3 is 2.70 bits per heavy atom. The summed E-state index contributed by atoms with van der Waals surface area (Å²) >= 11 is 0. The maximum atomic E-state index is 12.4. The van der Waals surface area contributed by atoms with E-state index in [0.29, 0.717) is 24.2 Å². The van der Waals surface area contributed by atoms with Crippen LogP contribution < -0.4 is 0 Å². The fraction of sp³-hybridized carbons (Fsp3) is 0.533. The summed E-state index contributed by atoms with van der Waals surface area (Å²) in [6.07, 6.45) is 6.86. The molecular weight excluding hydrogens is 256 g/mol. The van der Waals surface area contributed by atoms with Crippen molar-refractivity contribution >= 4 is 11.7 Å². The van der Waals surface area contributed by atoms with Gasteiger partial charge < -0.3 is 10.0 Å². The first kappa shape index (κ1) is 13.1. The standard InChI is InChI=1S/C15H18N2O3/c18-12-1-3-15(4-2-12)5-6-17(10-15)14(20)11-7-13(19)9-16-8-11/h7-9,19H,1-6,10H2. The highest BCUT2D eigenvalue weighted by molar-refractivity contribution is 5.94. The average molecular weight is 274 g/mol. The average Bonchev–Trinajstić information content (AvgIpc) is 2.86. The lowest BCUT2D eigenvalue weighted by atomic mass is 9.73. The Balaban J connectivity index is 1.71. The SMILES string of the molecule is O=C1CCC2(CC1)CCN(C(=O)c1cncc(O)c1)C2. The van der Waals surface area contributed by atoms with Crippen LogP contribution in [0.5, 0.6) is 5.75 Å². The molecule has 1 aliphatic carbocycles. The number of pyridine rings is 1. The van der Waals surface area contributed by atoms with Gasteiger partial charge in [-0.25, -0.2) is 0 Å². The van der Waals surface area contributed by atoms with Crippen LogP contribution in [0.3, 0.4) is 0 Å². The number of rotatable bonds is 1. The number of carbonyl (C=O) groups is 2. The molecule has 1 aromatic rings. The van der Waals surface area contributed by atoms with Gasteiger partial charge in [0, 0.05) is 32.1 Å². The number of aromatic hydroxyl groups is 1. The number of aromatic nitrogens is 1. The normalized spacial score (nSPS) is 21.4. The molecule has 1 N–H and O–H groups in total. The molecule has 0 aromatic carbocycles. The van der Waals surface area contributed by atoms with Crippen molar-refractivity contribution in [2.75, 3.05) is 13.1 Å². The number of nitrogens with zero attached hydrogens (tertiary/aromatic N) is 2. The highest BCUT2D eigenvalue weighted by Gasteiger charge is 2.42. The van der Waals surface area contributed by atoms with E-state index in [1.807, 2.05) is 4.90 Å². The lowest BCUT2D eigenvalue weighted by molar-refractivity contribution is -0.122. The van der Waals surface area contributed by atoms with E-state index in [0.717, 1.165) is 32.4 Å². The molecule has 0 unspecified atom stereocenters. The molecule has 5 nitrogen and oxygen atoms in total. The lowest BCUT2D eigenvalue weighted by Crippen LogP contribution is -2.34. The van der Waals surface area contributed by atoms with Gasteiger partial charge in [0.1, 0.15) is 11.5 Å². The predicted molar refractivity (Wildman–Crippen MR) is 72.3 cm³/mol. The van der Waals surface area contributed by atoms with Crippen LogP contribution in [0.4, 0.5) is 0 Å². The Hall–Kier alpha value is -1.91. The van der Waals surface area contributed by atoms with Gasteiger partial charge in [-0.2, -0.15) is 0 Å². The zero-order valence-corrected chi connectivity index (χ0v) is 11.3. The molecule has 5 heteroatoms. The minimum absolute atomic E-state index is 0.00743. The molecule has 1 spiro atoms. The second-order valence-electron chi connectivity index (χ2n) is 5.95. The molecular formula is C15H18N2O3. The van der Waals surface area contributed by atoms with Crippen molar-refractivity contribution in [3.63, 3.8) is 0 Å². The molecule has 1 aromatic heterocycles. The van der Waals surface area contributed by atoms with Gasteiger partial charge in [0.25, 0.3) is 5.91 Å². The molecule has 20 heavy (non-hydrogen) atoms. The van der Waals surface area contributed by atoms with Crippen molar-refractivity contribution in [3.8, 4) is 5.75 Å². The van der Waals surface area contributed by atoms with E-state index < -0.39 is 0 Å². The van der Waals surface area contributed by atoms with E-state index in [1.54, 1.807) is 0 Å². The van der Waals surface area contributed by atoms with Crippen LogP contribution in [0, 0.1) is 5.41 Å². The van der Waals surface area contributed by atoms with Crippen LogP contribution in [-0.4, -0.2) is 39.8 Å².